The standard InChI is InChI=1S/C15H23FN2O3S/c1-2-11-22(19,20)17-12-15(18-7-9-21-10-8-18)13-3-5-14(16)6-4-13/h3-6,15,17H,2,7-12H2,1H3. The number of sulfonamides is 1. The molecule has 1 saturated heterocycles. The number of halogens is 1. The van der Waals surface area contributed by atoms with E-state index in [-0.39, 0.29) is 24.2 Å². The minimum atomic E-state index is -3.26. The van der Waals surface area contributed by atoms with Crippen molar-refractivity contribution in [2.75, 3.05) is 38.6 Å². The maximum Gasteiger partial charge on any atom is 0.211 e. The zero-order valence-electron chi connectivity index (χ0n) is 12.8. The van der Waals surface area contributed by atoms with Crippen LogP contribution in [-0.4, -0.2) is 51.9 Å². The van der Waals surface area contributed by atoms with Gasteiger partial charge in [0.15, 0.2) is 0 Å². The summed E-state index contributed by atoms with van der Waals surface area (Å²) in [7, 11) is -3.26. The SMILES string of the molecule is CCCS(=O)(=O)NCC(c1ccc(F)cc1)N1CCOCC1. The summed E-state index contributed by atoms with van der Waals surface area (Å²) in [5.41, 5.74) is 0.905. The maximum absolute atomic E-state index is 13.1. The second-order valence-corrected chi connectivity index (χ2v) is 7.31. The van der Waals surface area contributed by atoms with E-state index in [1.807, 2.05) is 6.92 Å². The highest BCUT2D eigenvalue weighted by Crippen LogP contribution is 2.22. The largest absolute Gasteiger partial charge is 0.379 e. The summed E-state index contributed by atoms with van der Waals surface area (Å²) in [5.74, 6) is -0.178. The molecular weight excluding hydrogens is 307 g/mol. The maximum atomic E-state index is 13.1. The molecule has 0 amide bonds. The molecule has 1 unspecified atom stereocenters. The molecule has 1 atom stereocenters. The molecule has 1 fully saturated rings. The first-order chi connectivity index (χ1) is 10.5. The number of hydrogen-bond donors (Lipinski definition) is 1. The summed E-state index contributed by atoms with van der Waals surface area (Å²) in [6.07, 6.45) is 0.577. The third-order valence-electron chi connectivity index (χ3n) is 3.71. The molecule has 5 nitrogen and oxygen atoms in total. The molecule has 1 aliphatic heterocycles. The van der Waals surface area contributed by atoms with E-state index < -0.39 is 10.0 Å². The van der Waals surface area contributed by atoms with Gasteiger partial charge in [0.1, 0.15) is 5.82 Å². The molecule has 22 heavy (non-hydrogen) atoms. The van der Waals surface area contributed by atoms with E-state index in [0.717, 1.165) is 18.7 Å². The first-order valence-electron chi connectivity index (χ1n) is 7.56. The molecule has 1 aromatic carbocycles. The minimum Gasteiger partial charge on any atom is -0.379 e. The van der Waals surface area contributed by atoms with Gasteiger partial charge in [0.2, 0.25) is 10.0 Å². The predicted molar refractivity (Wildman–Crippen MR) is 83.6 cm³/mol. The lowest BCUT2D eigenvalue weighted by Gasteiger charge is -2.34. The Balaban J connectivity index is 2.12. The topological polar surface area (TPSA) is 58.6 Å². The van der Waals surface area contributed by atoms with Crippen LogP contribution in [0.2, 0.25) is 0 Å². The number of nitrogens with zero attached hydrogens (tertiary/aromatic N) is 1. The number of hydrogen-bond acceptors (Lipinski definition) is 4. The van der Waals surface area contributed by atoms with Crippen molar-refractivity contribution in [3.63, 3.8) is 0 Å². The summed E-state index contributed by atoms with van der Waals surface area (Å²) in [5, 5.41) is 0. The van der Waals surface area contributed by atoms with E-state index in [1.165, 1.54) is 12.1 Å². The number of benzene rings is 1. The van der Waals surface area contributed by atoms with Crippen molar-refractivity contribution >= 4 is 10.0 Å². The smallest absolute Gasteiger partial charge is 0.211 e. The normalized spacial score (nSPS) is 18.3. The lowest BCUT2D eigenvalue weighted by molar-refractivity contribution is 0.0172. The van der Waals surface area contributed by atoms with Crippen LogP contribution in [0.5, 0.6) is 0 Å². The monoisotopic (exact) mass is 330 g/mol. The van der Waals surface area contributed by atoms with Crippen molar-refractivity contribution in [2.24, 2.45) is 0 Å². The predicted octanol–water partition coefficient (Wildman–Crippen LogP) is 1.53. The van der Waals surface area contributed by atoms with Crippen LogP contribution in [0, 0.1) is 5.82 Å². The fraction of sp³-hybridized carbons (Fsp3) is 0.600. The third kappa shape index (κ3) is 5.01. The summed E-state index contributed by atoms with van der Waals surface area (Å²) in [6, 6.07) is 6.12. The van der Waals surface area contributed by atoms with Crippen molar-refractivity contribution in [2.45, 2.75) is 19.4 Å². The Hall–Kier alpha value is -1.02. The molecule has 0 spiro atoms. The van der Waals surface area contributed by atoms with Crippen LogP contribution >= 0.6 is 0 Å². The lowest BCUT2D eigenvalue weighted by Crippen LogP contribution is -2.44. The Morgan fingerprint density at radius 2 is 1.91 bits per heavy atom. The second-order valence-electron chi connectivity index (χ2n) is 5.38. The van der Waals surface area contributed by atoms with Crippen LogP contribution < -0.4 is 4.72 Å². The van der Waals surface area contributed by atoms with Crippen molar-refractivity contribution < 1.29 is 17.5 Å². The van der Waals surface area contributed by atoms with E-state index in [1.54, 1.807) is 12.1 Å². The third-order valence-corrected chi connectivity index (χ3v) is 5.26. The summed E-state index contributed by atoms with van der Waals surface area (Å²) in [6.45, 7) is 4.83. The van der Waals surface area contributed by atoms with Crippen molar-refractivity contribution in [1.29, 1.82) is 0 Å². The van der Waals surface area contributed by atoms with Crippen molar-refractivity contribution in [3.8, 4) is 0 Å². The Bertz CT molecular complexity index is 557. The molecular formula is C15H23FN2O3S. The van der Waals surface area contributed by atoms with Gasteiger partial charge >= 0.3 is 0 Å². The highest BCUT2D eigenvalue weighted by molar-refractivity contribution is 7.89. The van der Waals surface area contributed by atoms with Crippen LogP contribution in [0.25, 0.3) is 0 Å². The molecule has 0 bridgehead atoms. The van der Waals surface area contributed by atoms with Gasteiger partial charge in [-0.2, -0.15) is 0 Å². The van der Waals surface area contributed by atoms with Crippen molar-refractivity contribution in [3.05, 3.63) is 35.6 Å². The van der Waals surface area contributed by atoms with Crippen LogP contribution in [-0.2, 0) is 14.8 Å². The first-order valence-corrected chi connectivity index (χ1v) is 9.21. The summed E-state index contributed by atoms with van der Waals surface area (Å²) in [4.78, 5) is 2.17. The molecule has 7 heteroatoms. The van der Waals surface area contributed by atoms with Gasteiger partial charge in [-0.25, -0.2) is 17.5 Å². The van der Waals surface area contributed by atoms with Gasteiger partial charge in [-0.3, -0.25) is 4.90 Å². The van der Waals surface area contributed by atoms with Crippen LogP contribution in [0.15, 0.2) is 24.3 Å². The highest BCUT2D eigenvalue weighted by Gasteiger charge is 2.24. The zero-order valence-corrected chi connectivity index (χ0v) is 13.6. The van der Waals surface area contributed by atoms with Crippen LogP contribution in [0.1, 0.15) is 24.9 Å². The molecule has 0 radical (unpaired) electrons. The molecule has 0 aliphatic carbocycles. The summed E-state index contributed by atoms with van der Waals surface area (Å²) >= 11 is 0. The van der Waals surface area contributed by atoms with Gasteiger partial charge in [0, 0.05) is 25.7 Å². The van der Waals surface area contributed by atoms with Gasteiger partial charge in [0.25, 0.3) is 0 Å². The molecule has 1 aromatic rings. The first kappa shape index (κ1) is 17.3. The second kappa shape index (κ2) is 8.01. The zero-order chi connectivity index (χ0) is 16.0. The lowest BCUT2D eigenvalue weighted by atomic mass is 10.0. The van der Waals surface area contributed by atoms with Gasteiger partial charge in [-0.1, -0.05) is 19.1 Å². The molecule has 1 N–H and O–H groups in total. The molecule has 124 valence electrons. The quantitative estimate of drug-likeness (QED) is 0.824. The Labute approximate surface area is 131 Å². The fourth-order valence-electron chi connectivity index (χ4n) is 2.58. The Morgan fingerprint density at radius 1 is 1.27 bits per heavy atom. The van der Waals surface area contributed by atoms with E-state index in [9.17, 15) is 12.8 Å². The molecule has 2 rings (SSSR count). The molecule has 1 heterocycles. The van der Waals surface area contributed by atoms with Crippen LogP contribution in [0.4, 0.5) is 4.39 Å². The van der Waals surface area contributed by atoms with Crippen molar-refractivity contribution in [1.82, 2.24) is 9.62 Å². The van der Waals surface area contributed by atoms with E-state index in [2.05, 4.69) is 9.62 Å². The van der Waals surface area contributed by atoms with E-state index >= 15 is 0 Å². The molecule has 1 aliphatic rings. The summed E-state index contributed by atoms with van der Waals surface area (Å²) < 4.78 is 44.9. The Kier molecular flexibility index (Phi) is 6.31. The highest BCUT2D eigenvalue weighted by atomic mass is 32.2. The van der Waals surface area contributed by atoms with E-state index in [0.29, 0.717) is 19.6 Å². The van der Waals surface area contributed by atoms with E-state index in [4.69, 9.17) is 4.74 Å². The number of ether oxygens (including phenoxy) is 1. The molecule has 0 aromatic heterocycles. The van der Waals surface area contributed by atoms with Crippen LogP contribution in [0.3, 0.4) is 0 Å². The van der Waals surface area contributed by atoms with Gasteiger partial charge in [-0.15, -0.1) is 0 Å². The van der Waals surface area contributed by atoms with Gasteiger partial charge in [-0.05, 0) is 24.1 Å². The minimum absolute atomic E-state index is 0.115. The number of morpholine rings is 1. The molecule has 0 saturated carbocycles. The fourth-order valence-corrected chi connectivity index (χ4v) is 3.67. The Morgan fingerprint density at radius 3 is 2.50 bits per heavy atom. The average molecular weight is 330 g/mol. The number of nitrogens with one attached hydrogen (secondary N) is 1. The number of rotatable bonds is 7. The van der Waals surface area contributed by atoms with Gasteiger partial charge < -0.3 is 4.74 Å². The van der Waals surface area contributed by atoms with Gasteiger partial charge in [0.05, 0.1) is 19.0 Å². The average Bonchev–Trinajstić information content (AvgIpc) is 2.50.